The number of ether oxygens (including phenoxy) is 1. The Balaban J connectivity index is 0.00000341. The van der Waals surface area contributed by atoms with E-state index < -0.39 is 0 Å². The largest absolute Gasteiger partial charge is 0.396 e. The van der Waals surface area contributed by atoms with Gasteiger partial charge in [-0.2, -0.15) is 0 Å². The Morgan fingerprint density at radius 3 is 2.52 bits per heavy atom. The summed E-state index contributed by atoms with van der Waals surface area (Å²) in [5.41, 5.74) is 2.70. The molecule has 1 aromatic carbocycles. The van der Waals surface area contributed by atoms with Gasteiger partial charge in [0.2, 0.25) is 0 Å². The molecule has 0 aromatic heterocycles. The number of aliphatic hydroxyl groups excluding tert-OH is 1. The van der Waals surface area contributed by atoms with E-state index >= 15 is 0 Å². The van der Waals surface area contributed by atoms with Crippen LogP contribution in [0.3, 0.4) is 0 Å². The fourth-order valence-electron chi connectivity index (χ4n) is 4.49. The second kappa shape index (κ2) is 14.3. The number of nitrogens with one attached hydrogen (secondary N) is 2. The fourth-order valence-corrected chi connectivity index (χ4v) is 4.49. The molecule has 2 fully saturated rings. The van der Waals surface area contributed by atoms with E-state index in [4.69, 9.17) is 9.73 Å². The average Bonchev–Trinajstić information content (AvgIpc) is 3.06. The molecule has 3 rings (SSSR count). The van der Waals surface area contributed by atoms with Gasteiger partial charge < -0.3 is 20.5 Å². The Bertz CT molecular complexity index is 657. The molecule has 1 unspecified atom stereocenters. The zero-order valence-electron chi connectivity index (χ0n) is 19.1. The zero-order chi connectivity index (χ0) is 21.1. The first kappa shape index (κ1) is 26.4. The van der Waals surface area contributed by atoms with Gasteiger partial charge in [0.05, 0.1) is 13.2 Å². The fraction of sp³-hybridized carbons (Fsp3) is 0.708. The number of rotatable bonds is 9. The van der Waals surface area contributed by atoms with E-state index in [1.165, 1.54) is 49.9 Å². The second-order valence-electron chi connectivity index (χ2n) is 8.78. The highest BCUT2D eigenvalue weighted by Gasteiger charge is 2.34. The van der Waals surface area contributed by atoms with Crippen LogP contribution in [0.1, 0.15) is 56.6 Å². The standard InChI is InChI=1S/C24H40N4O2.HI/c1-2-25-23(27-19-24(11-15-29)12-16-30-20-24)26-17-21-9-5-6-10-22(21)18-28-13-7-3-4-8-14-28;/h5-6,9-10,29H,2-4,7-8,11-20H2,1H3,(H2,25,26,27);1H. The van der Waals surface area contributed by atoms with Crippen LogP contribution in [0.25, 0.3) is 0 Å². The Hall–Kier alpha value is -0.900. The van der Waals surface area contributed by atoms with Gasteiger partial charge in [-0.05, 0) is 56.8 Å². The van der Waals surface area contributed by atoms with Crippen molar-refractivity contribution in [1.82, 2.24) is 15.5 Å². The van der Waals surface area contributed by atoms with Crippen molar-refractivity contribution in [3.63, 3.8) is 0 Å². The highest BCUT2D eigenvalue weighted by molar-refractivity contribution is 14.0. The topological polar surface area (TPSA) is 69.1 Å². The van der Waals surface area contributed by atoms with Gasteiger partial charge in [0.25, 0.3) is 0 Å². The van der Waals surface area contributed by atoms with Crippen LogP contribution in [0.5, 0.6) is 0 Å². The summed E-state index contributed by atoms with van der Waals surface area (Å²) in [6.45, 7) is 9.47. The van der Waals surface area contributed by atoms with Gasteiger partial charge in [-0.25, -0.2) is 4.99 Å². The molecule has 0 spiro atoms. The van der Waals surface area contributed by atoms with Crippen molar-refractivity contribution in [3.8, 4) is 0 Å². The summed E-state index contributed by atoms with van der Waals surface area (Å²) in [6, 6.07) is 8.71. The van der Waals surface area contributed by atoms with Crippen LogP contribution in [0.4, 0.5) is 0 Å². The first-order valence-corrected chi connectivity index (χ1v) is 11.7. The molecule has 0 bridgehead atoms. The molecule has 1 atom stereocenters. The molecule has 31 heavy (non-hydrogen) atoms. The predicted molar refractivity (Wildman–Crippen MR) is 138 cm³/mol. The van der Waals surface area contributed by atoms with Crippen LogP contribution in [-0.2, 0) is 17.8 Å². The minimum Gasteiger partial charge on any atom is -0.396 e. The molecule has 176 valence electrons. The lowest BCUT2D eigenvalue weighted by molar-refractivity contribution is 0.127. The number of nitrogens with zero attached hydrogens (tertiary/aromatic N) is 2. The van der Waals surface area contributed by atoms with Crippen molar-refractivity contribution >= 4 is 29.9 Å². The van der Waals surface area contributed by atoms with E-state index in [9.17, 15) is 5.11 Å². The van der Waals surface area contributed by atoms with Crippen LogP contribution in [0.15, 0.2) is 29.3 Å². The summed E-state index contributed by atoms with van der Waals surface area (Å²) in [7, 11) is 0. The molecule has 0 aliphatic carbocycles. The lowest BCUT2D eigenvalue weighted by Crippen LogP contribution is -2.44. The maximum absolute atomic E-state index is 9.46. The molecule has 2 aliphatic heterocycles. The molecule has 2 saturated heterocycles. The molecule has 0 saturated carbocycles. The van der Waals surface area contributed by atoms with Crippen LogP contribution in [0, 0.1) is 5.41 Å². The smallest absolute Gasteiger partial charge is 0.191 e. The highest BCUT2D eigenvalue weighted by Crippen LogP contribution is 2.31. The second-order valence-corrected chi connectivity index (χ2v) is 8.78. The van der Waals surface area contributed by atoms with Gasteiger partial charge in [-0.1, -0.05) is 37.1 Å². The number of benzene rings is 1. The van der Waals surface area contributed by atoms with Crippen molar-refractivity contribution in [3.05, 3.63) is 35.4 Å². The molecule has 7 heteroatoms. The van der Waals surface area contributed by atoms with Crippen LogP contribution < -0.4 is 10.6 Å². The minimum atomic E-state index is 0. The number of guanidine groups is 1. The van der Waals surface area contributed by atoms with Gasteiger partial charge >= 0.3 is 0 Å². The first-order valence-electron chi connectivity index (χ1n) is 11.7. The Kier molecular flexibility index (Phi) is 12.1. The molecule has 3 N–H and O–H groups in total. The molecule has 2 aliphatic rings. The van der Waals surface area contributed by atoms with Crippen molar-refractivity contribution in [2.45, 2.75) is 58.5 Å². The highest BCUT2D eigenvalue weighted by atomic mass is 127. The summed E-state index contributed by atoms with van der Waals surface area (Å²) < 4.78 is 5.62. The van der Waals surface area contributed by atoms with Crippen LogP contribution >= 0.6 is 24.0 Å². The molecule has 0 radical (unpaired) electrons. The molecule has 0 amide bonds. The van der Waals surface area contributed by atoms with Crippen LogP contribution in [0.2, 0.25) is 0 Å². The van der Waals surface area contributed by atoms with Crippen molar-refractivity contribution in [2.24, 2.45) is 10.4 Å². The number of hydrogen-bond donors (Lipinski definition) is 3. The number of aliphatic imine (C=N–C) groups is 1. The molecular formula is C24H41IN4O2. The van der Waals surface area contributed by atoms with Gasteiger partial charge in [-0.3, -0.25) is 4.90 Å². The normalized spacial score (nSPS) is 22.6. The Labute approximate surface area is 205 Å². The minimum absolute atomic E-state index is 0. The van der Waals surface area contributed by atoms with E-state index in [-0.39, 0.29) is 36.0 Å². The van der Waals surface area contributed by atoms with Crippen LogP contribution in [-0.4, -0.2) is 62.0 Å². The third-order valence-electron chi connectivity index (χ3n) is 6.42. The Morgan fingerprint density at radius 2 is 1.87 bits per heavy atom. The predicted octanol–water partition coefficient (Wildman–Crippen LogP) is 3.52. The van der Waals surface area contributed by atoms with E-state index in [1.54, 1.807) is 0 Å². The van der Waals surface area contributed by atoms with Gasteiger partial charge in [-0.15, -0.1) is 24.0 Å². The van der Waals surface area contributed by atoms with Gasteiger partial charge in [0.1, 0.15) is 0 Å². The summed E-state index contributed by atoms with van der Waals surface area (Å²) in [5.74, 6) is 0.839. The van der Waals surface area contributed by atoms with Crippen molar-refractivity contribution in [2.75, 3.05) is 46.0 Å². The molecule has 1 aromatic rings. The van der Waals surface area contributed by atoms with E-state index in [2.05, 4.69) is 46.7 Å². The average molecular weight is 545 g/mol. The van der Waals surface area contributed by atoms with E-state index in [0.29, 0.717) is 13.2 Å². The number of halogens is 1. The summed E-state index contributed by atoms with van der Waals surface area (Å²) in [4.78, 5) is 7.48. The van der Waals surface area contributed by atoms with E-state index in [0.717, 1.165) is 45.0 Å². The monoisotopic (exact) mass is 544 g/mol. The first-order chi connectivity index (χ1) is 14.7. The quantitative estimate of drug-likeness (QED) is 0.252. The van der Waals surface area contributed by atoms with E-state index in [1.807, 2.05) is 0 Å². The summed E-state index contributed by atoms with van der Waals surface area (Å²) >= 11 is 0. The number of likely N-dealkylation sites (tertiary alicyclic amines) is 1. The Morgan fingerprint density at radius 1 is 1.13 bits per heavy atom. The molecular weight excluding hydrogens is 503 g/mol. The van der Waals surface area contributed by atoms with Gasteiger partial charge in [0.15, 0.2) is 5.96 Å². The van der Waals surface area contributed by atoms with Gasteiger partial charge in [0, 0.05) is 38.3 Å². The summed E-state index contributed by atoms with van der Waals surface area (Å²) in [5, 5.41) is 16.3. The van der Waals surface area contributed by atoms with Crippen molar-refractivity contribution in [1.29, 1.82) is 0 Å². The van der Waals surface area contributed by atoms with Crippen molar-refractivity contribution < 1.29 is 9.84 Å². The zero-order valence-corrected chi connectivity index (χ0v) is 21.4. The maximum Gasteiger partial charge on any atom is 0.191 e. The number of hydrogen-bond acceptors (Lipinski definition) is 4. The SMILES string of the molecule is CCNC(=NCc1ccccc1CN1CCCCCC1)NCC1(CCO)CCOC1.I. The lowest BCUT2D eigenvalue weighted by Gasteiger charge is -2.27. The molecule has 2 heterocycles. The summed E-state index contributed by atoms with van der Waals surface area (Å²) in [6.07, 6.45) is 7.10. The molecule has 6 nitrogen and oxygen atoms in total. The number of aliphatic hydroxyl groups is 1. The third kappa shape index (κ3) is 8.51. The lowest BCUT2D eigenvalue weighted by atomic mass is 9.84. The third-order valence-corrected chi connectivity index (χ3v) is 6.42. The maximum atomic E-state index is 9.46.